The Morgan fingerprint density at radius 2 is 1.53 bits per heavy atom. The Morgan fingerprint density at radius 1 is 0.941 bits per heavy atom. The van der Waals surface area contributed by atoms with E-state index in [1.165, 1.54) is 38.5 Å². The molecular weight excluding hydrogens is 210 g/mol. The number of hydrogen-bond donors (Lipinski definition) is 1. The van der Waals surface area contributed by atoms with Gasteiger partial charge in [0.1, 0.15) is 0 Å². The molecular formula is C14H25N3. The molecule has 0 radical (unpaired) electrons. The molecule has 1 heterocycles. The Hall–Kier alpha value is -1.12. The van der Waals surface area contributed by atoms with Gasteiger partial charge < -0.3 is 5.32 Å². The van der Waals surface area contributed by atoms with Crippen molar-refractivity contribution < 1.29 is 0 Å². The summed E-state index contributed by atoms with van der Waals surface area (Å²) in [5.41, 5.74) is 2.06. The molecule has 3 nitrogen and oxygen atoms in total. The molecule has 0 saturated heterocycles. The van der Waals surface area contributed by atoms with Gasteiger partial charge in [-0.15, -0.1) is 0 Å². The lowest BCUT2D eigenvalue weighted by atomic mass is 10.1. The van der Waals surface area contributed by atoms with Crippen LogP contribution in [0.2, 0.25) is 0 Å². The molecule has 0 fully saturated rings. The standard InChI is InChI=1S/C14H25N3/c1-4-5-6-7-8-9-10-15-14-16-12(2)11-13(3)17-14/h11H,4-10H2,1-3H3,(H,15,16,17). The molecule has 0 bridgehead atoms. The van der Waals surface area contributed by atoms with Crippen LogP contribution < -0.4 is 5.32 Å². The lowest BCUT2D eigenvalue weighted by Crippen LogP contribution is -2.06. The summed E-state index contributed by atoms with van der Waals surface area (Å²) in [6, 6.07) is 2.00. The van der Waals surface area contributed by atoms with Crippen LogP contribution in [0.4, 0.5) is 5.95 Å². The van der Waals surface area contributed by atoms with Crippen LogP contribution in [0.5, 0.6) is 0 Å². The van der Waals surface area contributed by atoms with Gasteiger partial charge in [-0.1, -0.05) is 39.0 Å². The molecule has 0 aliphatic rings. The molecule has 1 N–H and O–H groups in total. The predicted octanol–water partition coefficient (Wildman–Crippen LogP) is 3.87. The van der Waals surface area contributed by atoms with Crippen LogP contribution in [0.25, 0.3) is 0 Å². The van der Waals surface area contributed by atoms with Crippen LogP contribution in [-0.4, -0.2) is 16.5 Å². The summed E-state index contributed by atoms with van der Waals surface area (Å²) in [5.74, 6) is 0.774. The first-order chi connectivity index (χ1) is 8.22. The van der Waals surface area contributed by atoms with Crippen molar-refractivity contribution in [2.45, 2.75) is 59.3 Å². The van der Waals surface area contributed by atoms with Crippen molar-refractivity contribution in [3.05, 3.63) is 17.5 Å². The molecule has 0 unspecified atom stereocenters. The Labute approximate surface area is 105 Å². The van der Waals surface area contributed by atoms with Crippen LogP contribution in [-0.2, 0) is 0 Å². The summed E-state index contributed by atoms with van der Waals surface area (Å²) in [6.45, 7) is 7.24. The van der Waals surface area contributed by atoms with E-state index < -0.39 is 0 Å². The van der Waals surface area contributed by atoms with Crippen LogP contribution in [0.1, 0.15) is 56.8 Å². The summed E-state index contributed by atoms with van der Waals surface area (Å²) < 4.78 is 0. The molecule has 0 aliphatic carbocycles. The Kier molecular flexibility index (Phi) is 6.60. The Morgan fingerprint density at radius 3 is 2.18 bits per heavy atom. The fraction of sp³-hybridized carbons (Fsp3) is 0.714. The number of aromatic nitrogens is 2. The largest absolute Gasteiger partial charge is 0.354 e. The highest BCUT2D eigenvalue weighted by Gasteiger charge is 1.98. The molecule has 0 spiro atoms. The van der Waals surface area contributed by atoms with E-state index in [2.05, 4.69) is 22.2 Å². The van der Waals surface area contributed by atoms with Gasteiger partial charge in [-0.05, 0) is 26.3 Å². The molecule has 0 amide bonds. The Balaban J connectivity index is 2.13. The highest BCUT2D eigenvalue weighted by molar-refractivity contribution is 5.27. The Bertz CT molecular complexity index is 303. The number of unbranched alkanes of at least 4 members (excludes halogenated alkanes) is 5. The van der Waals surface area contributed by atoms with Crippen molar-refractivity contribution in [2.75, 3.05) is 11.9 Å². The van der Waals surface area contributed by atoms with Crippen LogP contribution >= 0.6 is 0 Å². The van der Waals surface area contributed by atoms with Crippen LogP contribution in [0, 0.1) is 13.8 Å². The van der Waals surface area contributed by atoms with Crippen molar-refractivity contribution in [3.63, 3.8) is 0 Å². The molecule has 0 aromatic carbocycles. The number of rotatable bonds is 8. The van der Waals surface area contributed by atoms with E-state index in [4.69, 9.17) is 0 Å². The van der Waals surface area contributed by atoms with Crippen LogP contribution in [0.3, 0.4) is 0 Å². The molecule has 0 aliphatic heterocycles. The smallest absolute Gasteiger partial charge is 0.223 e. The highest BCUT2D eigenvalue weighted by Crippen LogP contribution is 2.06. The summed E-state index contributed by atoms with van der Waals surface area (Å²) >= 11 is 0. The SMILES string of the molecule is CCCCCCCCNc1nc(C)cc(C)n1. The number of anilines is 1. The summed E-state index contributed by atoms with van der Waals surface area (Å²) in [5, 5.41) is 3.29. The third-order valence-electron chi connectivity index (χ3n) is 2.80. The van der Waals surface area contributed by atoms with E-state index in [1.807, 2.05) is 19.9 Å². The second-order valence-corrected chi connectivity index (χ2v) is 4.67. The molecule has 0 atom stereocenters. The second kappa shape index (κ2) is 8.04. The molecule has 1 aromatic heterocycles. The summed E-state index contributed by atoms with van der Waals surface area (Å²) in [7, 11) is 0. The average molecular weight is 235 g/mol. The lowest BCUT2D eigenvalue weighted by Gasteiger charge is -2.06. The highest BCUT2D eigenvalue weighted by atomic mass is 15.1. The van der Waals surface area contributed by atoms with Gasteiger partial charge in [0.25, 0.3) is 0 Å². The third-order valence-corrected chi connectivity index (χ3v) is 2.80. The molecule has 0 saturated carbocycles. The van der Waals surface area contributed by atoms with E-state index in [-0.39, 0.29) is 0 Å². The lowest BCUT2D eigenvalue weighted by molar-refractivity contribution is 0.616. The van der Waals surface area contributed by atoms with Gasteiger partial charge in [0, 0.05) is 17.9 Å². The van der Waals surface area contributed by atoms with E-state index in [0.717, 1.165) is 23.9 Å². The number of aryl methyl sites for hydroxylation is 2. The van der Waals surface area contributed by atoms with E-state index in [1.54, 1.807) is 0 Å². The zero-order valence-corrected chi connectivity index (χ0v) is 11.4. The molecule has 1 rings (SSSR count). The summed E-state index contributed by atoms with van der Waals surface area (Å²) in [4.78, 5) is 8.72. The molecule has 1 aromatic rings. The van der Waals surface area contributed by atoms with Crippen molar-refractivity contribution in [1.82, 2.24) is 9.97 Å². The van der Waals surface area contributed by atoms with Gasteiger partial charge in [0.15, 0.2) is 0 Å². The van der Waals surface area contributed by atoms with Gasteiger partial charge in [0.2, 0.25) is 5.95 Å². The van der Waals surface area contributed by atoms with Gasteiger partial charge in [0.05, 0.1) is 0 Å². The first-order valence-electron chi connectivity index (χ1n) is 6.78. The topological polar surface area (TPSA) is 37.8 Å². The fourth-order valence-corrected chi connectivity index (χ4v) is 1.91. The molecule has 3 heteroatoms. The minimum Gasteiger partial charge on any atom is -0.354 e. The van der Waals surface area contributed by atoms with Gasteiger partial charge in [-0.2, -0.15) is 0 Å². The number of hydrogen-bond acceptors (Lipinski definition) is 3. The van der Waals surface area contributed by atoms with Crippen molar-refractivity contribution in [1.29, 1.82) is 0 Å². The first-order valence-corrected chi connectivity index (χ1v) is 6.78. The average Bonchev–Trinajstić information content (AvgIpc) is 2.26. The van der Waals surface area contributed by atoms with Crippen LogP contribution in [0.15, 0.2) is 6.07 Å². The van der Waals surface area contributed by atoms with Crippen molar-refractivity contribution in [2.24, 2.45) is 0 Å². The second-order valence-electron chi connectivity index (χ2n) is 4.67. The maximum Gasteiger partial charge on any atom is 0.223 e. The zero-order chi connectivity index (χ0) is 12.5. The maximum absolute atomic E-state index is 4.36. The fourth-order valence-electron chi connectivity index (χ4n) is 1.91. The van der Waals surface area contributed by atoms with Crippen molar-refractivity contribution in [3.8, 4) is 0 Å². The van der Waals surface area contributed by atoms with E-state index >= 15 is 0 Å². The van der Waals surface area contributed by atoms with E-state index in [9.17, 15) is 0 Å². The van der Waals surface area contributed by atoms with Gasteiger partial charge in [-0.3, -0.25) is 0 Å². The molecule has 17 heavy (non-hydrogen) atoms. The minimum atomic E-state index is 0.774. The quantitative estimate of drug-likeness (QED) is 0.695. The van der Waals surface area contributed by atoms with Gasteiger partial charge >= 0.3 is 0 Å². The number of nitrogens with one attached hydrogen (secondary N) is 1. The predicted molar refractivity (Wildman–Crippen MR) is 73.4 cm³/mol. The maximum atomic E-state index is 4.36. The van der Waals surface area contributed by atoms with E-state index in [0.29, 0.717) is 0 Å². The summed E-state index contributed by atoms with van der Waals surface area (Å²) in [6.07, 6.45) is 7.92. The van der Waals surface area contributed by atoms with Crippen molar-refractivity contribution >= 4 is 5.95 Å². The third kappa shape index (κ3) is 6.25. The zero-order valence-electron chi connectivity index (χ0n) is 11.4. The normalized spacial score (nSPS) is 10.5. The minimum absolute atomic E-state index is 0.774. The first kappa shape index (κ1) is 13.9. The molecule has 96 valence electrons. The van der Waals surface area contributed by atoms with Gasteiger partial charge in [-0.25, -0.2) is 9.97 Å². The monoisotopic (exact) mass is 235 g/mol. The number of nitrogens with zero attached hydrogens (tertiary/aromatic N) is 2.